The molecule has 4 heteroatoms. The van der Waals surface area contributed by atoms with Gasteiger partial charge in [0, 0.05) is 5.56 Å². The fraction of sp³-hybridized carbons (Fsp3) is 0.316. The number of carboxylic acid groups (broad SMARTS) is 1. The first kappa shape index (κ1) is 16.9. The second-order valence-corrected chi connectivity index (χ2v) is 6.39. The SMILES string of the molecule is COc1ccc(OCc2ccc(C(=O)[O-])cc2)c(C(C)(C)C)c1. The topological polar surface area (TPSA) is 58.6 Å². The lowest BCUT2D eigenvalue weighted by Gasteiger charge is -2.23. The number of hydrogen-bond acceptors (Lipinski definition) is 4. The van der Waals surface area contributed by atoms with Crippen molar-refractivity contribution in [3.63, 3.8) is 0 Å². The lowest BCUT2D eigenvalue weighted by atomic mass is 9.86. The van der Waals surface area contributed by atoms with Gasteiger partial charge in [-0.2, -0.15) is 0 Å². The molecule has 2 aromatic rings. The van der Waals surface area contributed by atoms with E-state index in [1.165, 1.54) is 12.1 Å². The second kappa shape index (κ2) is 6.73. The molecule has 0 aromatic heterocycles. The molecule has 0 saturated carbocycles. The third-order valence-corrected chi connectivity index (χ3v) is 3.58. The summed E-state index contributed by atoms with van der Waals surface area (Å²) in [5.74, 6) is 0.408. The van der Waals surface area contributed by atoms with Crippen molar-refractivity contribution in [2.24, 2.45) is 0 Å². The number of benzene rings is 2. The third-order valence-electron chi connectivity index (χ3n) is 3.58. The zero-order chi connectivity index (χ0) is 17.0. The molecule has 0 atom stereocenters. The molecule has 0 radical (unpaired) electrons. The minimum atomic E-state index is -1.18. The summed E-state index contributed by atoms with van der Waals surface area (Å²) >= 11 is 0. The van der Waals surface area contributed by atoms with Gasteiger partial charge in [-0.15, -0.1) is 0 Å². The Balaban J connectivity index is 2.18. The Hall–Kier alpha value is -2.49. The van der Waals surface area contributed by atoms with Crippen LogP contribution in [0.4, 0.5) is 0 Å². The highest BCUT2D eigenvalue weighted by atomic mass is 16.5. The standard InChI is InChI=1S/C19H22O4/c1-19(2,3)16-11-15(22-4)9-10-17(16)23-12-13-5-7-14(8-6-13)18(20)21/h5-11H,12H2,1-4H3,(H,20,21)/p-1. The van der Waals surface area contributed by atoms with Crippen LogP contribution in [0.3, 0.4) is 0 Å². The molecule has 0 amide bonds. The number of hydrogen-bond donors (Lipinski definition) is 0. The van der Waals surface area contributed by atoms with Gasteiger partial charge in [0.15, 0.2) is 0 Å². The largest absolute Gasteiger partial charge is 0.545 e. The average molecular weight is 313 g/mol. The summed E-state index contributed by atoms with van der Waals surface area (Å²) in [6.07, 6.45) is 0. The Bertz CT molecular complexity index is 682. The number of methoxy groups -OCH3 is 1. The second-order valence-electron chi connectivity index (χ2n) is 6.39. The number of carbonyl (C=O) groups excluding carboxylic acids is 1. The molecule has 2 rings (SSSR count). The number of ether oxygens (including phenoxy) is 2. The van der Waals surface area contributed by atoms with E-state index >= 15 is 0 Å². The minimum Gasteiger partial charge on any atom is -0.545 e. The van der Waals surface area contributed by atoms with Crippen LogP contribution >= 0.6 is 0 Å². The van der Waals surface area contributed by atoms with Gasteiger partial charge in [-0.1, -0.05) is 45.0 Å². The Morgan fingerprint density at radius 1 is 1.09 bits per heavy atom. The number of carbonyl (C=O) groups is 1. The first-order valence-electron chi connectivity index (χ1n) is 7.43. The summed E-state index contributed by atoms with van der Waals surface area (Å²) in [4.78, 5) is 10.8. The lowest BCUT2D eigenvalue weighted by Crippen LogP contribution is -2.22. The van der Waals surface area contributed by atoms with E-state index in [2.05, 4.69) is 20.8 Å². The van der Waals surface area contributed by atoms with Gasteiger partial charge in [-0.3, -0.25) is 0 Å². The van der Waals surface area contributed by atoms with Crippen LogP contribution in [-0.4, -0.2) is 13.1 Å². The summed E-state index contributed by atoms with van der Waals surface area (Å²) < 4.78 is 11.2. The van der Waals surface area contributed by atoms with Crippen molar-refractivity contribution in [1.29, 1.82) is 0 Å². The van der Waals surface area contributed by atoms with E-state index in [0.29, 0.717) is 6.61 Å². The quantitative estimate of drug-likeness (QED) is 0.851. The van der Waals surface area contributed by atoms with E-state index in [1.54, 1.807) is 19.2 Å². The van der Waals surface area contributed by atoms with E-state index in [0.717, 1.165) is 22.6 Å². The first-order chi connectivity index (χ1) is 10.8. The Kier molecular flexibility index (Phi) is 4.94. The number of aromatic carboxylic acids is 1. The van der Waals surface area contributed by atoms with Crippen LogP contribution in [-0.2, 0) is 12.0 Å². The van der Waals surface area contributed by atoms with Crippen LogP contribution in [0.5, 0.6) is 11.5 Å². The van der Waals surface area contributed by atoms with Crippen LogP contribution < -0.4 is 14.6 Å². The zero-order valence-corrected chi connectivity index (χ0v) is 13.9. The maximum absolute atomic E-state index is 10.8. The van der Waals surface area contributed by atoms with Crippen molar-refractivity contribution in [3.05, 3.63) is 59.2 Å². The summed E-state index contributed by atoms with van der Waals surface area (Å²) in [7, 11) is 1.64. The van der Waals surface area contributed by atoms with E-state index in [4.69, 9.17) is 9.47 Å². The molecule has 0 unspecified atom stereocenters. The van der Waals surface area contributed by atoms with Crippen LogP contribution in [0.1, 0.15) is 42.3 Å². The molecule has 0 aliphatic rings. The Morgan fingerprint density at radius 3 is 2.26 bits per heavy atom. The van der Waals surface area contributed by atoms with Crippen LogP contribution in [0.15, 0.2) is 42.5 Å². The predicted molar refractivity (Wildman–Crippen MR) is 86.8 cm³/mol. The smallest absolute Gasteiger partial charge is 0.123 e. The predicted octanol–water partition coefficient (Wildman–Crippen LogP) is 2.94. The first-order valence-corrected chi connectivity index (χ1v) is 7.43. The van der Waals surface area contributed by atoms with Gasteiger partial charge in [0.1, 0.15) is 18.1 Å². The molecule has 0 heterocycles. The zero-order valence-electron chi connectivity index (χ0n) is 13.9. The van der Waals surface area contributed by atoms with Crippen molar-refractivity contribution < 1.29 is 19.4 Å². The monoisotopic (exact) mass is 313 g/mol. The van der Waals surface area contributed by atoms with Gasteiger partial charge in [-0.05, 0) is 34.7 Å². The molecule has 0 aliphatic heterocycles. The molecule has 0 fully saturated rings. The summed E-state index contributed by atoms with van der Waals surface area (Å²) in [5, 5.41) is 10.8. The minimum absolute atomic E-state index is 0.0806. The highest BCUT2D eigenvalue weighted by molar-refractivity contribution is 5.85. The van der Waals surface area contributed by atoms with Crippen LogP contribution in [0.25, 0.3) is 0 Å². The van der Waals surface area contributed by atoms with Gasteiger partial charge in [0.25, 0.3) is 0 Å². The molecule has 23 heavy (non-hydrogen) atoms. The summed E-state index contributed by atoms with van der Waals surface area (Å²) in [5.41, 5.74) is 2.03. The van der Waals surface area contributed by atoms with Crippen LogP contribution in [0, 0.1) is 0 Å². The Morgan fingerprint density at radius 2 is 1.74 bits per heavy atom. The average Bonchev–Trinajstić information content (AvgIpc) is 2.52. The van der Waals surface area contributed by atoms with Crippen molar-refractivity contribution in [2.75, 3.05) is 7.11 Å². The fourth-order valence-electron chi connectivity index (χ4n) is 2.25. The maximum atomic E-state index is 10.8. The molecule has 0 N–H and O–H groups in total. The molecular formula is C19H21O4-. The summed E-state index contributed by atoms with van der Waals surface area (Å²) in [6, 6.07) is 12.2. The van der Waals surface area contributed by atoms with Gasteiger partial charge in [0.2, 0.25) is 0 Å². The van der Waals surface area contributed by atoms with Crippen molar-refractivity contribution >= 4 is 5.97 Å². The molecule has 0 spiro atoms. The van der Waals surface area contributed by atoms with E-state index < -0.39 is 5.97 Å². The van der Waals surface area contributed by atoms with E-state index in [9.17, 15) is 9.90 Å². The highest BCUT2D eigenvalue weighted by Gasteiger charge is 2.20. The van der Waals surface area contributed by atoms with Gasteiger partial charge >= 0.3 is 0 Å². The molecule has 122 valence electrons. The summed E-state index contributed by atoms with van der Waals surface area (Å²) in [6.45, 7) is 6.71. The van der Waals surface area contributed by atoms with E-state index in [-0.39, 0.29) is 11.0 Å². The normalized spacial score (nSPS) is 11.1. The Labute approximate surface area is 136 Å². The van der Waals surface area contributed by atoms with Crippen molar-refractivity contribution in [1.82, 2.24) is 0 Å². The van der Waals surface area contributed by atoms with Gasteiger partial charge < -0.3 is 19.4 Å². The number of carboxylic acids is 1. The van der Waals surface area contributed by atoms with Crippen LogP contribution in [0.2, 0.25) is 0 Å². The highest BCUT2D eigenvalue weighted by Crippen LogP contribution is 2.34. The molecular weight excluding hydrogens is 292 g/mol. The molecule has 0 saturated heterocycles. The molecule has 4 nitrogen and oxygen atoms in total. The fourth-order valence-corrected chi connectivity index (χ4v) is 2.25. The van der Waals surface area contributed by atoms with Crippen molar-refractivity contribution in [2.45, 2.75) is 32.8 Å². The lowest BCUT2D eigenvalue weighted by molar-refractivity contribution is -0.255. The van der Waals surface area contributed by atoms with E-state index in [1.807, 2.05) is 18.2 Å². The number of rotatable bonds is 5. The van der Waals surface area contributed by atoms with Gasteiger partial charge in [0.05, 0.1) is 13.1 Å². The maximum Gasteiger partial charge on any atom is 0.123 e. The molecule has 0 aliphatic carbocycles. The third kappa shape index (κ3) is 4.25. The van der Waals surface area contributed by atoms with Gasteiger partial charge in [-0.25, -0.2) is 0 Å². The molecule has 0 bridgehead atoms. The van der Waals surface area contributed by atoms with Crippen molar-refractivity contribution in [3.8, 4) is 11.5 Å². The molecule has 2 aromatic carbocycles.